The van der Waals surface area contributed by atoms with Gasteiger partial charge in [0.15, 0.2) is 0 Å². The highest BCUT2D eigenvalue weighted by molar-refractivity contribution is 6.16. The maximum Gasteiger partial charge on any atom is 0.149 e. The zero-order valence-electron chi connectivity index (χ0n) is 8.65. The van der Waals surface area contributed by atoms with Gasteiger partial charge in [-0.25, -0.2) is 9.07 Å². The van der Waals surface area contributed by atoms with Crippen molar-refractivity contribution in [3.05, 3.63) is 42.0 Å². The summed E-state index contributed by atoms with van der Waals surface area (Å²) in [6.45, 7) is 0. The number of halogens is 2. The molecule has 0 aliphatic rings. The van der Waals surface area contributed by atoms with Gasteiger partial charge in [-0.1, -0.05) is 0 Å². The van der Waals surface area contributed by atoms with Gasteiger partial charge in [0.1, 0.15) is 17.3 Å². The minimum atomic E-state index is -0.356. The van der Waals surface area contributed by atoms with Crippen LogP contribution in [0.4, 0.5) is 4.39 Å². The minimum absolute atomic E-state index is 0.304. The first-order chi connectivity index (χ1) is 7.74. The molecule has 0 unspecified atom stereocenters. The summed E-state index contributed by atoms with van der Waals surface area (Å²) < 4.78 is 20.0. The molecule has 0 radical (unpaired) electrons. The Balaban J connectivity index is 2.45. The van der Waals surface area contributed by atoms with Crippen molar-refractivity contribution in [3.63, 3.8) is 0 Å². The van der Waals surface area contributed by atoms with Crippen LogP contribution in [0.2, 0.25) is 0 Å². The molecule has 16 heavy (non-hydrogen) atoms. The van der Waals surface area contributed by atoms with E-state index >= 15 is 0 Å². The van der Waals surface area contributed by atoms with E-state index in [1.807, 2.05) is 0 Å². The van der Waals surface area contributed by atoms with E-state index < -0.39 is 0 Å². The summed E-state index contributed by atoms with van der Waals surface area (Å²) in [4.78, 5) is 0. The van der Waals surface area contributed by atoms with Crippen molar-refractivity contribution in [2.45, 2.75) is 5.88 Å². The standard InChI is InChI=1S/C11H10ClFN2O/c1-16-9-2-3-10(13)11(6-9)15-5-4-8(7-12)14-15/h2-6H,7H2,1H3. The molecule has 0 saturated heterocycles. The smallest absolute Gasteiger partial charge is 0.149 e. The molecule has 0 amide bonds. The van der Waals surface area contributed by atoms with Crippen molar-refractivity contribution in [1.29, 1.82) is 0 Å². The Morgan fingerprint density at radius 2 is 2.25 bits per heavy atom. The molecule has 1 aromatic heterocycles. The van der Waals surface area contributed by atoms with Gasteiger partial charge in [0.05, 0.1) is 18.7 Å². The van der Waals surface area contributed by atoms with Crippen molar-refractivity contribution in [2.75, 3.05) is 7.11 Å². The third kappa shape index (κ3) is 2.02. The third-order valence-electron chi connectivity index (χ3n) is 2.18. The maximum absolute atomic E-state index is 13.6. The molecule has 0 bridgehead atoms. The van der Waals surface area contributed by atoms with Crippen LogP contribution < -0.4 is 4.74 Å². The average molecular weight is 241 g/mol. The van der Waals surface area contributed by atoms with Crippen LogP contribution in [0.5, 0.6) is 5.75 Å². The van der Waals surface area contributed by atoms with Crippen LogP contribution in [0.3, 0.4) is 0 Å². The summed E-state index contributed by atoms with van der Waals surface area (Å²) in [5.41, 5.74) is 1.04. The second kappa shape index (κ2) is 4.53. The number of hydrogen-bond donors (Lipinski definition) is 0. The molecule has 0 saturated carbocycles. The highest BCUT2D eigenvalue weighted by Crippen LogP contribution is 2.20. The van der Waals surface area contributed by atoms with E-state index in [0.29, 0.717) is 23.0 Å². The molecule has 0 spiro atoms. The third-order valence-corrected chi connectivity index (χ3v) is 2.46. The Hall–Kier alpha value is -1.55. The van der Waals surface area contributed by atoms with Gasteiger partial charge in [-0.05, 0) is 18.2 Å². The van der Waals surface area contributed by atoms with Gasteiger partial charge < -0.3 is 4.74 Å². The molecule has 0 aliphatic heterocycles. The summed E-state index contributed by atoms with van der Waals surface area (Å²) in [6, 6.07) is 6.23. The van der Waals surface area contributed by atoms with Gasteiger partial charge in [0, 0.05) is 12.3 Å². The van der Waals surface area contributed by atoms with E-state index in [1.54, 1.807) is 24.4 Å². The number of benzene rings is 1. The fourth-order valence-electron chi connectivity index (χ4n) is 1.36. The van der Waals surface area contributed by atoms with Gasteiger partial charge in [-0.15, -0.1) is 11.6 Å². The van der Waals surface area contributed by atoms with Gasteiger partial charge in [-0.2, -0.15) is 5.10 Å². The molecule has 5 heteroatoms. The molecule has 1 aromatic carbocycles. The second-order valence-corrected chi connectivity index (χ2v) is 3.47. The van der Waals surface area contributed by atoms with Crippen LogP contribution in [-0.4, -0.2) is 16.9 Å². The molecule has 3 nitrogen and oxygen atoms in total. The molecular formula is C11H10ClFN2O. The van der Waals surface area contributed by atoms with Crippen LogP contribution in [0.1, 0.15) is 5.69 Å². The lowest BCUT2D eigenvalue weighted by Gasteiger charge is -2.05. The Morgan fingerprint density at radius 1 is 1.44 bits per heavy atom. The molecule has 2 aromatic rings. The maximum atomic E-state index is 13.6. The quantitative estimate of drug-likeness (QED) is 0.772. The van der Waals surface area contributed by atoms with E-state index in [2.05, 4.69) is 5.10 Å². The summed E-state index contributed by atoms with van der Waals surface area (Å²) in [5.74, 6) is 0.530. The van der Waals surface area contributed by atoms with Crippen molar-refractivity contribution in [3.8, 4) is 11.4 Å². The lowest BCUT2D eigenvalue weighted by atomic mass is 10.3. The minimum Gasteiger partial charge on any atom is -0.497 e. The monoisotopic (exact) mass is 240 g/mol. The average Bonchev–Trinajstić information content (AvgIpc) is 2.78. The van der Waals surface area contributed by atoms with Crippen molar-refractivity contribution in [1.82, 2.24) is 9.78 Å². The van der Waals surface area contributed by atoms with Gasteiger partial charge in [0.2, 0.25) is 0 Å². The van der Waals surface area contributed by atoms with Crippen molar-refractivity contribution >= 4 is 11.6 Å². The highest BCUT2D eigenvalue weighted by atomic mass is 35.5. The Bertz CT molecular complexity index is 498. The molecule has 0 atom stereocenters. The van der Waals surface area contributed by atoms with E-state index in [9.17, 15) is 4.39 Å². The predicted octanol–water partition coefficient (Wildman–Crippen LogP) is 2.76. The molecule has 0 aliphatic carbocycles. The molecule has 1 heterocycles. The van der Waals surface area contributed by atoms with Gasteiger partial charge in [-0.3, -0.25) is 0 Å². The Kier molecular flexibility index (Phi) is 3.10. The highest BCUT2D eigenvalue weighted by Gasteiger charge is 2.07. The number of nitrogens with zero attached hydrogens (tertiary/aromatic N) is 2. The summed E-state index contributed by atoms with van der Waals surface area (Å²) in [6.07, 6.45) is 1.66. The van der Waals surface area contributed by atoms with Crippen LogP contribution in [0.25, 0.3) is 5.69 Å². The van der Waals surface area contributed by atoms with E-state index in [4.69, 9.17) is 16.3 Å². The van der Waals surface area contributed by atoms with Crippen LogP contribution in [0.15, 0.2) is 30.5 Å². The zero-order chi connectivity index (χ0) is 11.5. The van der Waals surface area contributed by atoms with Crippen LogP contribution in [-0.2, 0) is 5.88 Å². The molecule has 84 valence electrons. The lowest BCUT2D eigenvalue weighted by molar-refractivity contribution is 0.413. The SMILES string of the molecule is COc1ccc(F)c(-n2ccc(CCl)n2)c1. The molecule has 0 fully saturated rings. The number of ether oxygens (including phenoxy) is 1. The topological polar surface area (TPSA) is 27.1 Å². The largest absolute Gasteiger partial charge is 0.497 e. The number of rotatable bonds is 3. The fraction of sp³-hybridized carbons (Fsp3) is 0.182. The number of methoxy groups -OCH3 is 1. The van der Waals surface area contributed by atoms with Crippen molar-refractivity contribution < 1.29 is 9.13 Å². The number of alkyl halides is 1. The van der Waals surface area contributed by atoms with Gasteiger partial charge >= 0.3 is 0 Å². The molecule has 2 rings (SSSR count). The van der Waals surface area contributed by atoms with E-state index in [-0.39, 0.29) is 5.82 Å². The number of hydrogen-bond acceptors (Lipinski definition) is 2. The van der Waals surface area contributed by atoms with E-state index in [1.165, 1.54) is 17.9 Å². The first-order valence-electron chi connectivity index (χ1n) is 4.69. The first-order valence-corrected chi connectivity index (χ1v) is 5.22. The summed E-state index contributed by atoms with van der Waals surface area (Å²) in [7, 11) is 1.53. The second-order valence-electron chi connectivity index (χ2n) is 3.20. The fourth-order valence-corrected chi connectivity index (χ4v) is 1.50. The normalized spacial score (nSPS) is 10.4. The summed E-state index contributed by atoms with van der Waals surface area (Å²) >= 11 is 5.63. The molecule has 0 N–H and O–H groups in total. The van der Waals surface area contributed by atoms with Crippen molar-refractivity contribution in [2.24, 2.45) is 0 Å². The Labute approximate surface area is 97.4 Å². The lowest BCUT2D eigenvalue weighted by Crippen LogP contribution is -1.99. The van der Waals surface area contributed by atoms with Crippen LogP contribution in [0, 0.1) is 5.82 Å². The Morgan fingerprint density at radius 3 is 2.88 bits per heavy atom. The summed E-state index contributed by atoms with van der Waals surface area (Å²) in [5, 5.41) is 4.12. The molecular weight excluding hydrogens is 231 g/mol. The predicted molar refractivity (Wildman–Crippen MR) is 59.6 cm³/mol. The first kappa shape index (κ1) is 11.0. The van der Waals surface area contributed by atoms with Gasteiger partial charge in [0.25, 0.3) is 0 Å². The van der Waals surface area contributed by atoms with Crippen LogP contribution >= 0.6 is 11.6 Å². The van der Waals surface area contributed by atoms with E-state index in [0.717, 1.165) is 0 Å². The number of aromatic nitrogens is 2. The zero-order valence-corrected chi connectivity index (χ0v) is 9.41.